The molecule has 0 fully saturated rings. The average molecular weight is 308 g/mol. The second kappa shape index (κ2) is 4.94. The van der Waals surface area contributed by atoms with Crippen LogP contribution in [0, 0.1) is 6.92 Å². The van der Waals surface area contributed by atoms with Gasteiger partial charge in [0.25, 0.3) is 5.91 Å². The van der Waals surface area contributed by atoms with E-state index in [4.69, 9.17) is 0 Å². The zero-order valence-electron chi connectivity index (χ0n) is 10.5. The van der Waals surface area contributed by atoms with Crippen molar-refractivity contribution in [1.82, 2.24) is 9.55 Å². The molecular weight excluding hydrogens is 294 g/mol. The normalized spacial score (nSPS) is 10.4. The first-order chi connectivity index (χ1) is 8.50. The van der Waals surface area contributed by atoms with Gasteiger partial charge in [-0.3, -0.25) is 9.69 Å². The standard InChI is InChI=1S/C13H14BrN3O/c1-9-7-10(14)12(15-8-9)17(3)13(18)11-5-4-6-16(11)2/h4-8H,1-3H3. The number of rotatable bonds is 2. The predicted octanol–water partition coefficient (Wildman–Crippen LogP) is 2.77. The van der Waals surface area contributed by atoms with Crippen LogP contribution in [0.5, 0.6) is 0 Å². The highest BCUT2D eigenvalue weighted by atomic mass is 79.9. The fraction of sp³-hybridized carbons (Fsp3) is 0.231. The van der Waals surface area contributed by atoms with Crippen molar-refractivity contribution in [3.8, 4) is 0 Å². The highest BCUT2D eigenvalue weighted by Crippen LogP contribution is 2.24. The number of pyridine rings is 1. The van der Waals surface area contributed by atoms with E-state index >= 15 is 0 Å². The Morgan fingerprint density at radius 2 is 2.22 bits per heavy atom. The first-order valence-electron chi connectivity index (χ1n) is 5.52. The van der Waals surface area contributed by atoms with E-state index < -0.39 is 0 Å². The SMILES string of the molecule is Cc1cnc(N(C)C(=O)c2cccn2C)c(Br)c1. The molecule has 0 aliphatic heterocycles. The van der Waals surface area contributed by atoms with Crippen LogP contribution in [0.1, 0.15) is 16.1 Å². The lowest BCUT2D eigenvalue weighted by molar-refractivity contribution is 0.0984. The second-order valence-corrected chi connectivity index (χ2v) is 5.04. The molecule has 4 nitrogen and oxygen atoms in total. The molecule has 0 bridgehead atoms. The second-order valence-electron chi connectivity index (χ2n) is 4.19. The Bertz CT molecular complexity index is 592. The van der Waals surface area contributed by atoms with E-state index in [9.17, 15) is 4.79 Å². The smallest absolute Gasteiger partial charge is 0.275 e. The van der Waals surface area contributed by atoms with Crippen molar-refractivity contribution in [2.45, 2.75) is 6.92 Å². The topological polar surface area (TPSA) is 38.1 Å². The Morgan fingerprint density at radius 1 is 1.50 bits per heavy atom. The van der Waals surface area contributed by atoms with Gasteiger partial charge in [0.1, 0.15) is 11.5 Å². The first-order valence-corrected chi connectivity index (χ1v) is 6.31. The van der Waals surface area contributed by atoms with Gasteiger partial charge >= 0.3 is 0 Å². The number of halogens is 1. The minimum Gasteiger partial charge on any atom is -0.347 e. The summed E-state index contributed by atoms with van der Waals surface area (Å²) in [5.41, 5.74) is 1.68. The number of aromatic nitrogens is 2. The maximum Gasteiger partial charge on any atom is 0.275 e. The first kappa shape index (κ1) is 12.8. The van der Waals surface area contributed by atoms with Crippen LogP contribution >= 0.6 is 15.9 Å². The minimum atomic E-state index is -0.0837. The lowest BCUT2D eigenvalue weighted by Gasteiger charge is -2.18. The van der Waals surface area contributed by atoms with E-state index in [1.165, 1.54) is 0 Å². The Labute approximate surface area is 114 Å². The molecule has 2 aromatic heterocycles. The van der Waals surface area contributed by atoms with Crippen molar-refractivity contribution in [3.63, 3.8) is 0 Å². The molecule has 0 radical (unpaired) electrons. The van der Waals surface area contributed by atoms with Crippen LogP contribution in [0.4, 0.5) is 5.82 Å². The molecule has 2 heterocycles. The Kier molecular flexibility index (Phi) is 3.52. The van der Waals surface area contributed by atoms with Crippen LogP contribution < -0.4 is 4.90 Å². The molecule has 0 aliphatic rings. The Morgan fingerprint density at radius 3 is 2.78 bits per heavy atom. The van der Waals surface area contributed by atoms with Gasteiger partial charge in [-0.15, -0.1) is 0 Å². The molecule has 0 spiro atoms. The zero-order valence-corrected chi connectivity index (χ0v) is 12.1. The molecule has 1 amide bonds. The van der Waals surface area contributed by atoms with Crippen LogP contribution in [0.3, 0.4) is 0 Å². The number of carbonyl (C=O) groups excluding carboxylic acids is 1. The summed E-state index contributed by atoms with van der Waals surface area (Å²) in [6.07, 6.45) is 3.59. The summed E-state index contributed by atoms with van der Waals surface area (Å²) >= 11 is 3.43. The van der Waals surface area contributed by atoms with Gasteiger partial charge < -0.3 is 4.57 Å². The van der Waals surface area contributed by atoms with Gasteiger partial charge in [0, 0.05) is 26.5 Å². The highest BCUT2D eigenvalue weighted by molar-refractivity contribution is 9.10. The number of anilines is 1. The van der Waals surface area contributed by atoms with E-state index in [1.54, 1.807) is 28.8 Å². The van der Waals surface area contributed by atoms with Gasteiger partial charge in [0.05, 0.1) is 4.47 Å². The van der Waals surface area contributed by atoms with Gasteiger partial charge in [-0.2, -0.15) is 0 Å². The van der Waals surface area contributed by atoms with E-state index in [2.05, 4.69) is 20.9 Å². The lowest BCUT2D eigenvalue weighted by Crippen LogP contribution is -2.29. The van der Waals surface area contributed by atoms with E-state index in [1.807, 2.05) is 32.3 Å². The number of amides is 1. The third kappa shape index (κ3) is 2.31. The van der Waals surface area contributed by atoms with Crippen molar-refractivity contribution in [2.75, 3.05) is 11.9 Å². The summed E-state index contributed by atoms with van der Waals surface area (Å²) in [6, 6.07) is 5.58. The summed E-state index contributed by atoms with van der Waals surface area (Å²) < 4.78 is 2.61. The van der Waals surface area contributed by atoms with Crippen LogP contribution in [0.25, 0.3) is 0 Å². The van der Waals surface area contributed by atoms with Crippen LogP contribution in [0.2, 0.25) is 0 Å². The number of hydrogen-bond donors (Lipinski definition) is 0. The molecule has 18 heavy (non-hydrogen) atoms. The fourth-order valence-electron chi connectivity index (χ4n) is 1.72. The van der Waals surface area contributed by atoms with Crippen molar-refractivity contribution in [3.05, 3.63) is 46.3 Å². The number of hydrogen-bond acceptors (Lipinski definition) is 2. The predicted molar refractivity (Wildman–Crippen MR) is 74.8 cm³/mol. The maximum absolute atomic E-state index is 12.3. The molecule has 94 valence electrons. The van der Waals surface area contributed by atoms with Crippen molar-refractivity contribution in [2.24, 2.45) is 7.05 Å². The van der Waals surface area contributed by atoms with Crippen LogP contribution in [-0.4, -0.2) is 22.5 Å². The van der Waals surface area contributed by atoms with E-state index in [0.29, 0.717) is 11.5 Å². The number of nitrogens with zero attached hydrogens (tertiary/aromatic N) is 3. The molecule has 0 saturated carbocycles. The lowest BCUT2D eigenvalue weighted by atomic mass is 10.3. The summed E-state index contributed by atoms with van der Waals surface area (Å²) in [5, 5.41) is 0. The largest absolute Gasteiger partial charge is 0.347 e. The Hall–Kier alpha value is -1.62. The molecule has 0 unspecified atom stereocenters. The Balaban J connectivity index is 2.34. The molecular formula is C13H14BrN3O. The summed E-state index contributed by atoms with van der Waals surface area (Å²) in [4.78, 5) is 18.1. The number of aryl methyl sites for hydroxylation is 2. The molecule has 0 saturated heterocycles. The third-order valence-electron chi connectivity index (χ3n) is 2.74. The quantitative estimate of drug-likeness (QED) is 0.855. The molecule has 2 rings (SSSR count). The fourth-order valence-corrected chi connectivity index (χ4v) is 2.45. The van der Waals surface area contributed by atoms with Gasteiger partial charge in [0.2, 0.25) is 0 Å². The van der Waals surface area contributed by atoms with E-state index in [0.717, 1.165) is 10.0 Å². The van der Waals surface area contributed by atoms with Gasteiger partial charge in [-0.25, -0.2) is 4.98 Å². The summed E-state index contributed by atoms with van der Waals surface area (Å²) in [6.45, 7) is 1.96. The average Bonchev–Trinajstić information content (AvgIpc) is 2.74. The van der Waals surface area contributed by atoms with Crippen molar-refractivity contribution < 1.29 is 4.79 Å². The zero-order chi connectivity index (χ0) is 13.3. The molecule has 0 N–H and O–H groups in total. The molecule has 0 aliphatic carbocycles. The highest BCUT2D eigenvalue weighted by Gasteiger charge is 2.18. The van der Waals surface area contributed by atoms with Gasteiger partial charge in [-0.05, 0) is 46.6 Å². The van der Waals surface area contributed by atoms with Crippen molar-refractivity contribution >= 4 is 27.7 Å². The summed E-state index contributed by atoms with van der Waals surface area (Å²) in [5.74, 6) is 0.534. The number of carbonyl (C=O) groups is 1. The molecule has 5 heteroatoms. The van der Waals surface area contributed by atoms with E-state index in [-0.39, 0.29) is 5.91 Å². The molecule has 0 aromatic carbocycles. The van der Waals surface area contributed by atoms with Crippen molar-refractivity contribution in [1.29, 1.82) is 0 Å². The monoisotopic (exact) mass is 307 g/mol. The van der Waals surface area contributed by atoms with Gasteiger partial charge in [0.15, 0.2) is 0 Å². The summed E-state index contributed by atoms with van der Waals surface area (Å²) in [7, 11) is 3.57. The van der Waals surface area contributed by atoms with Crippen LogP contribution in [0.15, 0.2) is 35.1 Å². The minimum absolute atomic E-state index is 0.0837. The third-order valence-corrected chi connectivity index (χ3v) is 3.33. The molecule has 2 aromatic rings. The molecule has 0 atom stereocenters. The van der Waals surface area contributed by atoms with Gasteiger partial charge in [-0.1, -0.05) is 0 Å². The van der Waals surface area contributed by atoms with Crippen LogP contribution in [-0.2, 0) is 7.05 Å². The maximum atomic E-state index is 12.3.